The van der Waals surface area contributed by atoms with Crippen LogP contribution in [0.1, 0.15) is 58.2 Å². The van der Waals surface area contributed by atoms with Crippen molar-refractivity contribution in [1.82, 2.24) is 19.8 Å². The van der Waals surface area contributed by atoms with Crippen LogP contribution in [0, 0.1) is 11.8 Å². The van der Waals surface area contributed by atoms with Gasteiger partial charge < -0.3 is 14.8 Å². The maximum Gasteiger partial charge on any atom is 0.225 e. The normalized spacial score (nSPS) is 25.9. The van der Waals surface area contributed by atoms with E-state index in [4.69, 9.17) is 0 Å². The maximum absolute atomic E-state index is 12.9. The number of hydrogen-bond donors (Lipinski definition) is 1. The standard InChI is InChI=1S/C18H28N4O2/c1-11(2)12(3)20-18(24)14-7-8-16(23)22(13-5-6-13)17(14)15-9-19-10-21(15)4/h9-14,17H,5-8H2,1-4H3,(H,20,24)/t12?,14-,17-/m1/s1. The van der Waals surface area contributed by atoms with Gasteiger partial charge in [-0.25, -0.2) is 4.98 Å². The zero-order valence-electron chi connectivity index (χ0n) is 15.0. The number of rotatable bonds is 5. The van der Waals surface area contributed by atoms with Crippen LogP contribution in [0.15, 0.2) is 12.5 Å². The van der Waals surface area contributed by atoms with Gasteiger partial charge in [0.15, 0.2) is 0 Å². The molecule has 1 unspecified atom stereocenters. The monoisotopic (exact) mass is 332 g/mol. The molecule has 3 atom stereocenters. The van der Waals surface area contributed by atoms with Crippen LogP contribution in [0.3, 0.4) is 0 Å². The first-order valence-electron chi connectivity index (χ1n) is 8.98. The van der Waals surface area contributed by atoms with E-state index < -0.39 is 0 Å². The first kappa shape index (κ1) is 17.0. The summed E-state index contributed by atoms with van der Waals surface area (Å²) in [5.74, 6) is 0.402. The Morgan fingerprint density at radius 2 is 2.00 bits per heavy atom. The molecule has 1 saturated carbocycles. The van der Waals surface area contributed by atoms with E-state index in [-0.39, 0.29) is 35.9 Å². The predicted molar refractivity (Wildman–Crippen MR) is 91.0 cm³/mol. The fraction of sp³-hybridized carbons (Fsp3) is 0.722. The molecule has 1 aliphatic heterocycles. The van der Waals surface area contributed by atoms with E-state index >= 15 is 0 Å². The Morgan fingerprint density at radius 1 is 1.29 bits per heavy atom. The molecule has 2 amide bonds. The van der Waals surface area contributed by atoms with Crippen LogP contribution in [-0.4, -0.2) is 38.3 Å². The van der Waals surface area contributed by atoms with Crippen LogP contribution in [0.4, 0.5) is 0 Å². The summed E-state index contributed by atoms with van der Waals surface area (Å²) in [5, 5.41) is 3.15. The highest BCUT2D eigenvalue weighted by molar-refractivity contribution is 5.85. The van der Waals surface area contributed by atoms with Crippen LogP contribution in [0.2, 0.25) is 0 Å². The Bertz CT molecular complexity index is 620. The second kappa shape index (κ2) is 6.57. The number of piperidine rings is 1. The number of hydrogen-bond acceptors (Lipinski definition) is 3. The van der Waals surface area contributed by atoms with E-state index in [9.17, 15) is 9.59 Å². The smallest absolute Gasteiger partial charge is 0.225 e. The summed E-state index contributed by atoms with van der Waals surface area (Å²) in [5.41, 5.74) is 0.951. The van der Waals surface area contributed by atoms with Gasteiger partial charge in [0, 0.05) is 25.6 Å². The van der Waals surface area contributed by atoms with Crippen LogP contribution in [0.25, 0.3) is 0 Å². The highest BCUT2D eigenvalue weighted by Gasteiger charge is 2.47. The average molecular weight is 332 g/mol. The number of nitrogens with one attached hydrogen (secondary N) is 1. The molecule has 1 aromatic rings. The summed E-state index contributed by atoms with van der Waals surface area (Å²) in [7, 11) is 1.93. The first-order valence-corrected chi connectivity index (χ1v) is 8.98. The van der Waals surface area contributed by atoms with Crippen LogP contribution in [-0.2, 0) is 16.6 Å². The van der Waals surface area contributed by atoms with Gasteiger partial charge in [-0.1, -0.05) is 13.8 Å². The first-order chi connectivity index (χ1) is 11.4. The minimum atomic E-state index is -0.208. The number of aryl methyl sites for hydroxylation is 1. The molecule has 0 spiro atoms. The number of nitrogens with zero attached hydrogens (tertiary/aromatic N) is 3. The van der Waals surface area contributed by atoms with E-state index in [1.807, 2.05) is 23.4 Å². The van der Waals surface area contributed by atoms with Crippen LogP contribution in [0.5, 0.6) is 0 Å². The quantitative estimate of drug-likeness (QED) is 0.897. The lowest BCUT2D eigenvalue weighted by atomic mass is 9.85. The van der Waals surface area contributed by atoms with Crippen LogP contribution < -0.4 is 5.32 Å². The molecule has 6 heteroatoms. The molecule has 2 heterocycles. The van der Waals surface area contributed by atoms with Gasteiger partial charge in [0.05, 0.1) is 30.2 Å². The molecule has 6 nitrogen and oxygen atoms in total. The minimum Gasteiger partial charge on any atom is -0.353 e. The number of carbonyl (C=O) groups is 2. The summed E-state index contributed by atoms with van der Waals surface area (Å²) < 4.78 is 1.94. The van der Waals surface area contributed by atoms with E-state index in [1.165, 1.54) is 0 Å². The number of amides is 2. The Kier molecular flexibility index (Phi) is 4.65. The van der Waals surface area contributed by atoms with Gasteiger partial charge in [-0.15, -0.1) is 0 Å². The number of aromatic nitrogens is 2. The summed E-state index contributed by atoms with van der Waals surface area (Å²) in [4.78, 5) is 31.7. The zero-order valence-corrected chi connectivity index (χ0v) is 15.0. The van der Waals surface area contributed by atoms with E-state index in [0.29, 0.717) is 18.8 Å². The van der Waals surface area contributed by atoms with Gasteiger partial charge in [-0.2, -0.15) is 0 Å². The van der Waals surface area contributed by atoms with Gasteiger partial charge in [0.1, 0.15) is 0 Å². The SMILES string of the molecule is CC(C)C(C)NC(=O)[C@@H]1CCC(=O)N(C2CC2)[C@H]1c1cncn1C. The molecule has 0 aromatic carbocycles. The van der Waals surface area contributed by atoms with Gasteiger partial charge >= 0.3 is 0 Å². The summed E-state index contributed by atoms with van der Waals surface area (Å²) in [6.45, 7) is 6.24. The molecular weight excluding hydrogens is 304 g/mol. The third-order valence-electron chi connectivity index (χ3n) is 5.44. The second-order valence-corrected chi connectivity index (χ2v) is 7.59. The molecule has 3 rings (SSSR count). The molecule has 1 N–H and O–H groups in total. The Hall–Kier alpha value is -1.85. The predicted octanol–water partition coefficient (Wildman–Crippen LogP) is 2.02. The van der Waals surface area contributed by atoms with E-state index in [1.54, 1.807) is 12.5 Å². The molecule has 0 radical (unpaired) electrons. The summed E-state index contributed by atoms with van der Waals surface area (Å²) in [6, 6.07) is 0.206. The van der Waals surface area contributed by atoms with Crippen molar-refractivity contribution >= 4 is 11.8 Å². The lowest BCUT2D eigenvalue weighted by molar-refractivity contribution is -0.144. The van der Waals surface area contributed by atoms with Crippen molar-refractivity contribution in [3.63, 3.8) is 0 Å². The fourth-order valence-corrected chi connectivity index (χ4v) is 3.47. The molecule has 1 saturated heterocycles. The van der Waals surface area contributed by atoms with Crippen molar-refractivity contribution in [3.8, 4) is 0 Å². The van der Waals surface area contributed by atoms with Crippen LogP contribution >= 0.6 is 0 Å². The van der Waals surface area contributed by atoms with Crippen molar-refractivity contribution in [3.05, 3.63) is 18.2 Å². The largest absolute Gasteiger partial charge is 0.353 e. The summed E-state index contributed by atoms with van der Waals surface area (Å²) >= 11 is 0. The molecule has 24 heavy (non-hydrogen) atoms. The molecule has 1 aromatic heterocycles. The topological polar surface area (TPSA) is 67.2 Å². The molecule has 2 fully saturated rings. The third-order valence-corrected chi connectivity index (χ3v) is 5.44. The van der Waals surface area contributed by atoms with Crippen molar-refractivity contribution in [2.75, 3.05) is 0 Å². The van der Waals surface area contributed by atoms with E-state index in [0.717, 1.165) is 18.5 Å². The fourth-order valence-electron chi connectivity index (χ4n) is 3.47. The zero-order chi connectivity index (χ0) is 17.4. The van der Waals surface area contributed by atoms with Gasteiger partial charge in [0.2, 0.25) is 11.8 Å². The van der Waals surface area contributed by atoms with E-state index in [2.05, 4.69) is 24.1 Å². The molecular formula is C18H28N4O2. The van der Waals surface area contributed by atoms with Gasteiger partial charge in [-0.05, 0) is 32.1 Å². The maximum atomic E-state index is 12.9. The molecule has 0 bridgehead atoms. The molecule has 2 aliphatic rings. The lowest BCUT2D eigenvalue weighted by Gasteiger charge is -2.41. The van der Waals surface area contributed by atoms with Crippen molar-refractivity contribution in [2.45, 2.75) is 64.6 Å². The highest BCUT2D eigenvalue weighted by Crippen LogP contribution is 2.43. The average Bonchev–Trinajstić information content (AvgIpc) is 3.27. The Morgan fingerprint density at radius 3 is 2.54 bits per heavy atom. The number of imidazole rings is 1. The molecule has 1 aliphatic carbocycles. The van der Waals surface area contributed by atoms with Crippen molar-refractivity contribution in [2.24, 2.45) is 18.9 Å². The van der Waals surface area contributed by atoms with Crippen molar-refractivity contribution < 1.29 is 9.59 Å². The number of carbonyl (C=O) groups excluding carboxylic acids is 2. The molecule has 132 valence electrons. The van der Waals surface area contributed by atoms with Gasteiger partial charge in [-0.3, -0.25) is 9.59 Å². The number of likely N-dealkylation sites (tertiary alicyclic amines) is 1. The Balaban J connectivity index is 1.89. The van der Waals surface area contributed by atoms with Crippen molar-refractivity contribution in [1.29, 1.82) is 0 Å². The highest BCUT2D eigenvalue weighted by atomic mass is 16.2. The van der Waals surface area contributed by atoms with Gasteiger partial charge in [0.25, 0.3) is 0 Å². The minimum absolute atomic E-state index is 0.0561. The summed E-state index contributed by atoms with van der Waals surface area (Å²) in [6.07, 6.45) is 6.68. The lowest BCUT2D eigenvalue weighted by Crippen LogP contribution is -2.51. The second-order valence-electron chi connectivity index (χ2n) is 7.59. The Labute approximate surface area is 143 Å². The third kappa shape index (κ3) is 3.19.